The number of nitrogens with one attached hydrogen (secondary N) is 3. The number of thiazole rings is 1. The molecule has 0 saturated carbocycles. The van der Waals surface area contributed by atoms with Crippen LogP contribution in [0.2, 0.25) is 0 Å². The van der Waals surface area contributed by atoms with Gasteiger partial charge in [-0.05, 0) is 44.0 Å². The van der Waals surface area contributed by atoms with Crippen LogP contribution >= 0.6 is 11.3 Å². The molecule has 0 radical (unpaired) electrons. The first-order chi connectivity index (χ1) is 13.5. The number of nitrogens with zero attached hydrogens (tertiary/aromatic N) is 2. The molecule has 4 rings (SSSR count). The van der Waals surface area contributed by atoms with Crippen LogP contribution in [0.15, 0.2) is 29.8 Å². The number of benzene rings is 1. The van der Waals surface area contributed by atoms with Crippen LogP contribution in [0.3, 0.4) is 0 Å². The van der Waals surface area contributed by atoms with E-state index < -0.39 is 0 Å². The predicted molar refractivity (Wildman–Crippen MR) is 111 cm³/mol. The molecule has 0 aliphatic carbocycles. The summed E-state index contributed by atoms with van der Waals surface area (Å²) < 4.78 is 5.32. The number of anilines is 1. The molecule has 0 atom stereocenters. The lowest BCUT2D eigenvalue weighted by Gasteiger charge is -2.02. The molecular weight excluding hydrogens is 374 g/mol. The highest BCUT2D eigenvalue weighted by atomic mass is 32.1. The number of fused-ring (bicyclic) bond motifs is 1. The first kappa shape index (κ1) is 18.2. The monoisotopic (exact) mass is 395 g/mol. The Balaban J connectivity index is 1.47. The van der Waals surface area contributed by atoms with Crippen LogP contribution in [0, 0.1) is 13.8 Å². The summed E-state index contributed by atoms with van der Waals surface area (Å²) in [7, 11) is 1.65. The molecule has 7 nitrogen and oxygen atoms in total. The molecular formula is C20H21N5O2S. The summed E-state index contributed by atoms with van der Waals surface area (Å²) in [6.45, 7) is 3.91. The molecule has 0 aliphatic rings. The molecule has 0 spiro atoms. The number of H-pyrrole nitrogens is 2. The first-order valence-corrected chi connectivity index (χ1v) is 9.84. The summed E-state index contributed by atoms with van der Waals surface area (Å²) in [5.74, 6) is 0.739. The minimum Gasteiger partial charge on any atom is -0.497 e. The number of hydrogen-bond acceptors (Lipinski definition) is 5. The fourth-order valence-electron chi connectivity index (χ4n) is 3.26. The topological polar surface area (TPSA) is 95.7 Å². The van der Waals surface area contributed by atoms with Crippen molar-refractivity contribution in [3.8, 4) is 17.0 Å². The Morgan fingerprint density at radius 2 is 2.18 bits per heavy atom. The number of aromatic amines is 2. The van der Waals surface area contributed by atoms with E-state index in [1.54, 1.807) is 7.11 Å². The van der Waals surface area contributed by atoms with E-state index in [9.17, 15) is 4.79 Å². The van der Waals surface area contributed by atoms with Crippen LogP contribution in [0.5, 0.6) is 5.75 Å². The Morgan fingerprint density at radius 3 is 2.93 bits per heavy atom. The average molecular weight is 395 g/mol. The van der Waals surface area contributed by atoms with Gasteiger partial charge in [-0.25, -0.2) is 4.98 Å². The number of methoxy groups -OCH3 is 1. The SMILES string of the molecule is COc1ccc2[nH]cc(-c3csc(NC(=O)CCc4c(C)n[nH]c4C)n3)c2c1. The van der Waals surface area contributed by atoms with Gasteiger partial charge >= 0.3 is 0 Å². The van der Waals surface area contributed by atoms with Crippen LogP contribution < -0.4 is 10.1 Å². The van der Waals surface area contributed by atoms with Gasteiger partial charge in [0.2, 0.25) is 5.91 Å². The lowest BCUT2D eigenvalue weighted by atomic mass is 10.1. The second kappa shape index (κ2) is 7.47. The van der Waals surface area contributed by atoms with E-state index in [4.69, 9.17) is 4.74 Å². The minimum absolute atomic E-state index is 0.0542. The van der Waals surface area contributed by atoms with Crippen molar-refractivity contribution in [2.24, 2.45) is 0 Å². The van der Waals surface area contributed by atoms with Crippen LogP contribution in [-0.2, 0) is 11.2 Å². The van der Waals surface area contributed by atoms with Gasteiger partial charge in [-0.3, -0.25) is 9.89 Å². The maximum atomic E-state index is 12.3. The zero-order chi connectivity index (χ0) is 19.7. The highest BCUT2D eigenvalue weighted by Gasteiger charge is 2.14. The number of hydrogen-bond donors (Lipinski definition) is 3. The molecule has 144 valence electrons. The van der Waals surface area contributed by atoms with Gasteiger partial charge in [-0.2, -0.15) is 5.10 Å². The molecule has 0 fully saturated rings. The number of ether oxygens (including phenoxy) is 1. The van der Waals surface area contributed by atoms with Crippen molar-refractivity contribution in [1.82, 2.24) is 20.2 Å². The van der Waals surface area contributed by atoms with Gasteiger partial charge in [-0.1, -0.05) is 0 Å². The summed E-state index contributed by atoms with van der Waals surface area (Å²) in [6, 6.07) is 5.87. The molecule has 3 heterocycles. The average Bonchev–Trinajstić information content (AvgIpc) is 3.39. The lowest BCUT2D eigenvalue weighted by Crippen LogP contribution is -2.12. The zero-order valence-electron chi connectivity index (χ0n) is 15.9. The van der Waals surface area contributed by atoms with E-state index in [0.717, 1.165) is 44.9 Å². The Labute approximate surface area is 166 Å². The Kier molecular flexibility index (Phi) is 4.87. The zero-order valence-corrected chi connectivity index (χ0v) is 16.7. The van der Waals surface area contributed by atoms with Gasteiger partial charge in [0.05, 0.1) is 18.5 Å². The second-order valence-corrected chi connectivity index (χ2v) is 7.47. The second-order valence-electron chi connectivity index (χ2n) is 6.61. The third-order valence-corrected chi connectivity index (χ3v) is 5.56. The fraction of sp³-hybridized carbons (Fsp3) is 0.250. The molecule has 0 saturated heterocycles. The van der Waals surface area contributed by atoms with E-state index in [0.29, 0.717) is 18.0 Å². The van der Waals surface area contributed by atoms with E-state index in [1.165, 1.54) is 11.3 Å². The number of carbonyl (C=O) groups is 1. The molecule has 0 aliphatic heterocycles. The number of aryl methyl sites for hydroxylation is 2. The predicted octanol–water partition coefficient (Wildman–Crippen LogP) is 4.21. The van der Waals surface area contributed by atoms with Gasteiger partial charge in [-0.15, -0.1) is 11.3 Å². The molecule has 4 aromatic rings. The van der Waals surface area contributed by atoms with Crippen LogP contribution in [0.1, 0.15) is 23.4 Å². The van der Waals surface area contributed by atoms with Crippen LogP contribution in [0.25, 0.3) is 22.2 Å². The molecule has 1 amide bonds. The van der Waals surface area contributed by atoms with Crippen molar-refractivity contribution in [2.45, 2.75) is 26.7 Å². The maximum absolute atomic E-state index is 12.3. The van der Waals surface area contributed by atoms with E-state index >= 15 is 0 Å². The van der Waals surface area contributed by atoms with E-state index in [-0.39, 0.29) is 5.91 Å². The summed E-state index contributed by atoms with van der Waals surface area (Å²) in [5.41, 5.74) is 5.87. The van der Waals surface area contributed by atoms with Crippen molar-refractivity contribution in [3.63, 3.8) is 0 Å². The summed E-state index contributed by atoms with van der Waals surface area (Å²) >= 11 is 1.42. The Hall–Kier alpha value is -3.13. The minimum atomic E-state index is -0.0542. The van der Waals surface area contributed by atoms with E-state index in [2.05, 4.69) is 25.5 Å². The molecule has 28 heavy (non-hydrogen) atoms. The van der Waals surface area contributed by atoms with Crippen molar-refractivity contribution in [3.05, 3.63) is 46.7 Å². The number of carbonyl (C=O) groups excluding carboxylic acids is 1. The third-order valence-electron chi connectivity index (χ3n) is 4.80. The summed E-state index contributed by atoms with van der Waals surface area (Å²) in [4.78, 5) is 20.2. The van der Waals surface area contributed by atoms with Crippen molar-refractivity contribution < 1.29 is 9.53 Å². The number of amides is 1. The van der Waals surface area contributed by atoms with Gasteiger partial charge in [0.25, 0.3) is 0 Å². The smallest absolute Gasteiger partial charge is 0.226 e. The summed E-state index contributed by atoms with van der Waals surface area (Å²) in [5, 5.41) is 13.6. The highest BCUT2D eigenvalue weighted by molar-refractivity contribution is 7.14. The normalized spacial score (nSPS) is 11.1. The van der Waals surface area contributed by atoms with Crippen molar-refractivity contribution >= 4 is 33.3 Å². The van der Waals surface area contributed by atoms with Gasteiger partial charge < -0.3 is 15.0 Å². The molecule has 0 unspecified atom stereocenters. The van der Waals surface area contributed by atoms with Gasteiger partial charge in [0.15, 0.2) is 5.13 Å². The first-order valence-electron chi connectivity index (χ1n) is 8.96. The van der Waals surface area contributed by atoms with E-state index in [1.807, 2.05) is 43.6 Å². The molecule has 8 heteroatoms. The molecule has 3 aromatic heterocycles. The van der Waals surface area contributed by atoms with Crippen LogP contribution in [-0.4, -0.2) is 33.2 Å². The van der Waals surface area contributed by atoms with Crippen molar-refractivity contribution in [2.75, 3.05) is 12.4 Å². The molecule has 1 aromatic carbocycles. The molecule has 3 N–H and O–H groups in total. The van der Waals surface area contributed by atoms with Gasteiger partial charge in [0.1, 0.15) is 5.75 Å². The third kappa shape index (κ3) is 3.50. The number of aromatic nitrogens is 4. The fourth-order valence-corrected chi connectivity index (χ4v) is 3.98. The van der Waals surface area contributed by atoms with Crippen molar-refractivity contribution in [1.29, 1.82) is 0 Å². The quantitative estimate of drug-likeness (QED) is 0.456. The largest absolute Gasteiger partial charge is 0.497 e. The maximum Gasteiger partial charge on any atom is 0.226 e. The Bertz CT molecular complexity index is 1120. The standard InChI is InChI=1S/C20H21N5O2S/c1-11-14(12(2)25-24-11)5-7-19(26)23-20-22-18(10-28-20)16-9-21-17-6-4-13(27-3)8-15(16)17/h4,6,8-10,21H,5,7H2,1-3H3,(H,24,25)(H,22,23,26). The molecule has 0 bridgehead atoms. The summed E-state index contributed by atoms with van der Waals surface area (Å²) in [6.07, 6.45) is 2.97. The van der Waals surface area contributed by atoms with Crippen LogP contribution in [0.4, 0.5) is 5.13 Å². The lowest BCUT2D eigenvalue weighted by molar-refractivity contribution is -0.116. The number of rotatable bonds is 6. The highest BCUT2D eigenvalue weighted by Crippen LogP contribution is 2.33. The van der Waals surface area contributed by atoms with Gasteiger partial charge in [0, 0.05) is 40.2 Å². The Morgan fingerprint density at radius 1 is 1.32 bits per heavy atom.